The zero-order valence-corrected chi connectivity index (χ0v) is 15.7. The number of aryl methyl sites for hydroxylation is 4. The summed E-state index contributed by atoms with van der Waals surface area (Å²) >= 11 is 2.97. The second-order valence-corrected chi connectivity index (χ2v) is 8.51. The van der Waals surface area contributed by atoms with Gasteiger partial charge in [0.15, 0.2) is 10.1 Å². The standard InChI is InChI=1S/C17H18N4O2S2/c1-9-10(2)24-17-18-8-11(15(23)21(9)17)14(22)20-16-19-12-6-4-3-5-7-13(12)25-16/h8H,3-7H2,1-2H3,(H,19,20,22). The Hall–Kier alpha value is -2.06. The van der Waals surface area contributed by atoms with Crippen LogP contribution in [0.1, 0.15) is 50.8 Å². The molecule has 0 saturated heterocycles. The van der Waals surface area contributed by atoms with Gasteiger partial charge in [0.05, 0.1) is 5.69 Å². The first-order chi connectivity index (χ1) is 12.0. The van der Waals surface area contributed by atoms with E-state index >= 15 is 0 Å². The molecular formula is C17H18N4O2S2. The fourth-order valence-electron chi connectivity index (χ4n) is 3.08. The molecular weight excluding hydrogens is 356 g/mol. The van der Waals surface area contributed by atoms with Gasteiger partial charge in [-0.3, -0.25) is 19.3 Å². The number of nitrogens with zero attached hydrogens (tertiary/aromatic N) is 3. The van der Waals surface area contributed by atoms with Crippen LogP contribution in [0.25, 0.3) is 4.96 Å². The van der Waals surface area contributed by atoms with Crippen LogP contribution in [0.4, 0.5) is 5.13 Å². The summed E-state index contributed by atoms with van der Waals surface area (Å²) < 4.78 is 1.51. The van der Waals surface area contributed by atoms with E-state index in [1.807, 2.05) is 13.8 Å². The molecule has 0 aromatic carbocycles. The normalized spacial score (nSPS) is 14.3. The maximum Gasteiger partial charge on any atom is 0.271 e. The van der Waals surface area contributed by atoms with Crippen molar-refractivity contribution < 1.29 is 4.79 Å². The zero-order chi connectivity index (χ0) is 17.6. The maximum atomic E-state index is 12.7. The molecule has 0 spiro atoms. The molecule has 3 aromatic rings. The summed E-state index contributed by atoms with van der Waals surface area (Å²) in [5.41, 5.74) is 1.63. The lowest BCUT2D eigenvalue weighted by Gasteiger charge is -2.02. The van der Waals surface area contributed by atoms with Gasteiger partial charge in [-0.1, -0.05) is 6.42 Å². The molecule has 1 aliphatic rings. The summed E-state index contributed by atoms with van der Waals surface area (Å²) in [5, 5.41) is 3.36. The van der Waals surface area contributed by atoms with Gasteiger partial charge in [-0.15, -0.1) is 22.7 Å². The van der Waals surface area contributed by atoms with Crippen molar-refractivity contribution in [1.29, 1.82) is 0 Å². The van der Waals surface area contributed by atoms with Gasteiger partial charge < -0.3 is 0 Å². The number of hydrogen-bond donors (Lipinski definition) is 1. The molecule has 8 heteroatoms. The lowest BCUT2D eigenvalue weighted by Crippen LogP contribution is -2.26. The Kier molecular flexibility index (Phi) is 4.16. The summed E-state index contributed by atoms with van der Waals surface area (Å²) in [5.74, 6) is -0.445. The minimum absolute atomic E-state index is 0.0452. The van der Waals surface area contributed by atoms with Crippen LogP contribution in [0.15, 0.2) is 11.0 Å². The largest absolute Gasteiger partial charge is 0.298 e. The summed E-state index contributed by atoms with van der Waals surface area (Å²) in [4.78, 5) is 37.0. The number of anilines is 1. The summed E-state index contributed by atoms with van der Waals surface area (Å²) in [7, 11) is 0. The topological polar surface area (TPSA) is 76.4 Å². The van der Waals surface area contributed by atoms with E-state index in [0.29, 0.717) is 10.1 Å². The van der Waals surface area contributed by atoms with Crippen molar-refractivity contribution in [2.45, 2.75) is 46.0 Å². The Morgan fingerprint density at radius 3 is 2.84 bits per heavy atom. The Balaban J connectivity index is 1.65. The highest BCUT2D eigenvalue weighted by molar-refractivity contribution is 7.17. The number of carbonyl (C=O) groups excluding carboxylic acids is 1. The van der Waals surface area contributed by atoms with E-state index in [4.69, 9.17) is 0 Å². The molecule has 0 atom stereocenters. The van der Waals surface area contributed by atoms with Gasteiger partial charge in [-0.2, -0.15) is 0 Å². The number of thiazole rings is 2. The Bertz CT molecular complexity index is 1010. The van der Waals surface area contributed by atoms with Crippen LogP contribution < -0.4 is 10.9 Å². The van der Waals surface area contributed by atoms with Gasteiger partial charge in [-0.05, 0) is 39.5 Å². The molecule has 6 nitrogen and oxygen atoms in total. The van der Waals surface area contributed by atoms with Crippen LogP contribution in [0, 0.1) is 13.8 Å². The third-order valence-electron chi connectivity index (χ3n) is 4.58. The Labute approximate surface area is 152 Å². The summed E-state index contributed by atoms with van der Waals surface area (Å²) in [6, 6.07) is 0. The molecule has 1 N–H and O–H groups in total. The van der Waals surface area contributed by atoms with Crippen molar-refractivity contribution in [3.05, 3.63) is 43.3 Å². The molecule has 0 unspecified atom stereocenters. The van der Waals surface area contributed by atoms with Gasteiger partial charge in [0.1, 0.15) is 5.56 Å². The Morgan fingerprint density at radius 2 is 2.00 bits per heavy atom. The highest BCUT2D eigenvalue weighted by atomic mass is 32.1. The monoisotopic (exact) mass is 374 g/mol. The molecule has 1 aliphatic carbocycles. The van der Waals surface area contributed by atoms with Gasteiger partial charge in [-0.25, -0.2) is 9.97 Å². The summed E-state index contributed by atoms with van der Waals surface area (Å²) in [6.45, 7) is 3.80. The molecule has 0 fully saturated rings. The molecule has 0 radical (unpaired) electrons. The first kappa shape index (κ1) is 16.4. The van der Waals surface area contributed by atoms with Crippen LogP contribution in [0.5, 0.6) is 0 Å². The first-order valence-corrected chi connectivity index (χ1v) is 9.95. The van der Waals surface area contributed by atoms with Gasteiger partial charge in [0.25, 0.3) is 11.5 Å². The number of amides is 1. The molecule has 1 amide bonds. The lowest BCUT2D eigenvalue weighted by atomic mass is 10.2. The third kappa shape index (κ3) is 2.89. The van der Waals surface area contributed by atoms with Crippen molar-refractivity contribution in [2.75, 3.05) is 5.32 Å². The van der Waals surface area contributed by atoms with Crippen LogP contribution in [0.2, 0.25) is 0 Å². The predicted molar refractivity (Wildman–Crippen MR) is 100 cm³/mol. The Morgan fingerprint density at radius 1 is 1.20 bits per heavy atom. The van der Waals surface area contributed by atoms with E-state index in [1.165, 1.54) is 51.0 Å². The second-order valence-electron chi connectivity index (χ2n) is 6.24. The number of aromatic nitrogens is 3. The van der Waals surface area contributed by atoms with Crippen molar-refractivity contribution >= 4 is 38.7 Å². The lowest BCUT2D eigenvalue weighted by molar-refractivity contribution is 0.102. The van der Waals surface area contributed by atoms with Crippen molar-refractivity contribution in [1.82, 2.24) is 14.4 Å². The predicted octanol–water partition coefficient (Wildman–Crippen LogP) is 3.35. The van der Waals surface area contributed by atoms with Crippen LogP contribution in [-0.4, -0.2) is 20.3 Å². The SMILES string of the molecule is Cc1sc2ncc(C(=O)Nc3nc4c(s3)CCCCC4)c(=O)n2c1C. The van der Waals surface area contributed by atoms with Gasteiger partial charge >= 0.3 is 0 Å². The number of carbonyl (C=O) groups is 1. The van der Waals surface area contributed by atoms with Gasteiger partial charge in [0, 0.05) is 21.6 Å². The van der Waals surface area contributed by atoms with Crippen molar-refractivity contribution in [3.8, 4) is 0 Å². The van der Waals surface area contributed by atoms with Crippen molar-refractivity contribution in [3.63, 3.8) is 0 Å². The van der Waals surface area contributed by atoms with Crippen LogP contribution in [0.3, 0.4) is 0 Å². The first-order valence-electron chi connectivity index (χ1n) is 8.32. The fraction of sp³-hybridized carbons (Fsp3) is 0.412. The van der Waals surface area contributed by atoms with Crippen molar-refractivity contribution in [2.24, 2.45) is 0 Å². The smallest absolute Gasteiger partial charge is 0.271 e. The quantitative estimate of drug-likeness (QED) is 0.698. The molecule has 0 saturated carbocycles. The van der Waals surface area contributed by atoms with E-state index in [2.05, 4.69) is 15.3 Å². The molecule has 25 heavy (non-hydrogen) atoms. The summed E-state index contributed by atoms with van der Waals surface area (Å²) in [6.07, 6.45) is 6.88. The average molecular weight is 374 g/mol. The molecule has 4 rings (SSSR count). The molecule has 3 heterocycles. The van der Waals surface area contributed by atoms with E-state index in [0.717, 1.165) is 35.5 Å². The number of rotatable bonds is 2. The van der Waals surface area contributed by atoms with E-state index in [1.54, 1.807) is 0 Å². The fourth-order valence-corrected chi connectivity index (χ4v) is 5.05. The van der Waals surface area contributed by atoms with E-state index in [-0.39, 0.29) is 11.1 Å². The average Bonchev–Trinajstić information content (AvgIpc) is 3.00. The minimum atomic E-state index is -0.445. The van der Waals surface area contributed by atoms with Crippen LogP contribution >= 0.6 is 22.7 Å². The third-order valence-corrected chi connectivity index (χ3v) is 6.72. The maximum absolute atomic E-state index is 12.7. The molecule has 0 aliphatic heterocycles. The second kappa shape index (κ2) is 6.34. The van der Waals surface area contributed by atoms with Crippen LogP contribution in [-0.2, 0) is 12.8 Å². The zero-order valence-electron chi connectivity index (χ0n) is 14.1. The highest BCUT2D eigenvalue weighted by Gasteiger charge is 2.19. The molecule has 130 valence electrons. The van der Waals surface area contributed by atoms with Gasteiger partial charge in [0.2, 0.25) is 0 Å². The molecule has 3 aromatic heterocycles. The van der Waals surface area contributed by atoms with E-state index < -0.39 is 5.91 Å². The number of hydrogen-bond acceptors (Lipinski definition) is 6. The number of fused-ring (bicyclic) bond motifs is 2. The minimum Gasteiger partial charge on any atom is -0.298 e. The highest BCUT2D eigenvalue weighted by Crippen LogP contribution is 2.29. The molecule has 0 bridgehead atoms. The van der Waals surface area contributed by atoms with E-state index in [9.17, 15) is 9.59 Å². The number of nitrogens with one attached hydrogen (secondary N) is 1.